The molecule has 0 N–H and O–H groups in total. The zero-order valence-electron chi connectivity index (χ0n) is 14.3. The van der Waals surface area contributed by atoms with Gasteiger partial charge in [0.05, 0.1) is 23.3 Å². The highest BCUT2D eigenvalue weighted by Gasteiger charge is 2.40. The summed E-state index contributed by atoms with van der Waals surface area (Å²) >= 11 is 12.0. The highest BCUT2D eigenvalue weighted by molar-refractivity contribution is 7.89. The predicted octanol–water partition coefficient (Wildman–Crippen LogP) is 2.95. The van der Waals surface area contributed by atoms with E-state index in [1.807, 2.05) is 6.92 Å². The van der Waals surface area contributed by atoms with E-state index in [0.717, 1.165) is 0 Å². The molecule has 1 aromatic carbocycles. The van der Waals surface area contributed by atoms with Gasteiger partial charge < -0.3 is 4.90 Å². The van der Waals surface area contributed by atoms with Gasteiger partial charge in [-0.1, -0.05) is 23.2 Å². The molecule has 3 rings (SSSR count). The zero-order valence-corrected chi connectivity index (χ0v) is 16.6. The monoisotopic (exact) mass is 416 g/mol. The molecule has 2 aliphatic rings. The van der Waals surface area contributed by atoms with Crippen molar-refractivity contribution in [3.63, 3.8) is 0 Å². The molecule has 26 heavy (non-hydrogen) atoms. The molecule has 140 valence electrons. The fraction of sp³-hybridized carbons (Fsp3) is 0.438. The number of azo groups is 1. The molecule has 2 atom stereocenters. The second-order valence-electron chi connectivity index (χ2n) is 6.37. The van der Waals surface area contributed by atoms with E-state index >= 15 is 0 Å². The third-order valence-electron chi connectivity index (χ3n) is 4.48. The smallest absolute Gasteiger partial charge is 0.253 e. The van der Waals surface area contributed by atoms with Gasteiger partial charge in [-0.3, -0.25) is 4.79 Å². The largest absolute Gasteiger partial charge is 0.333 e. The lowest BCUT2D eigenvalue weighted by Gasteiger charge is -2.43. The fourth-order valence-corrected chi connectivity index (χ4v) is 5.53. The molecule has 0 aromatic heterocycles. The van der Waals surface area contributed by atoms with Crippen molar-refractivity contribution >= 4 is 39.1 Å². The molecule has 7 nitrogen and oxygen atoms in total. The number of piperazine rings is 1. The summed E-state index contributed by atoms with van der Waals surface area (Å²) in [4.78, 5) is 14.3. The summed E-state index contributed by atoms with van der Waals surface area (Å²) in [5.41, 5.74) is 0.512. The first-order valence-electron chi connectivity index (χ1n) is 8.05. The standard InChI is InChI=1S/C16H18Cl2N4O3S/c1-10-9-22(26(24,25)15-5-13(17)3-4-14(15)18)11(2)8-21(10)16(23)12-6-19-20-7-12/h3-6,10-11H,7-9H2,1-2H3/t10-,11+/m0/s1. The normalized spacial score (nSPS) is 24.0. The van der Waals surface area contributed by atoms with Crippen LogP contribution in [0, 0.1) is 0 Å². The van der Waals surface area contributed by atoms with E-state index in [1.165, 1.54) is 28.7 Å². The average Bonchev–Trinajstić information content (AvgIpc) is 3.12. The Morgan fingerprint density at radius 1 is 1.19 bits per heavy atom. The lowest BCUT2D eigenvalue weighted by atomic mass is 10.1. The lowest BCUT2D eigenvalue weighted by Crippen LogP contribution is -2.59. The number of sulfonamides is 1. The maximum absolute atomic E-state index is 13.1. The number of nitrogens with zero attached hydrogens (tertiary/aromatic N) is 4. The molecule has 0 unspecified atom stereocenters. The van der Waals surface area contributed by atoms with Crippen LogP contribution >= 0.6 is 23.2 Å². The molecular weight excluding hydrogens is 399 g/mol. The highest BCUT2D eigenvalue weighted by Crippen LogP contribution is 2.31. The zero-order chi connectivity index (χ0) is 19.1. The van der Waals surface area contributed by atoms with Crippen LogP contribution < -0.4 is 0 Å². The van der Waals surface area contributed by atoms with Gasteiger partial charge in [-0.15, -0.1) is 0 Å². The van der Waals surface area contributed by atoms with E-state index in [1.54, 1.807) is 11.8 Å². The van der Waals surface area contributed by atoms with Crippen LogP contribution in [0.3, 0.4) is 0 Å². The van der Waals surface area contributed by atoms with Crippen LogP contribution in [0.25, 0.3) is 0 Å². The average molecular weight is 417 g/mol. The minimum absolute atomic E-state index is 0.0263. The third-order valence-corrected chi connectivity index (χ3v) is 7.18. The Hall–Kier alpha value is -1.48. The Bertz CT molecular complexity index is 901. The third kappa shape index (κ3) is 3.51. The molecule has 1 amide bonds. The second kappa shape index (κ2) is 7.26. The second-order valence-corrected chi connectivity index (χ2v) is 9.08. The van der Waals surface area contributed by atoms with Gasteiger partial charge in [0.2, 0.25) is 10.0 Å². The highest BCUT2D eigenvalue weighted by atomic mass is 35.5. The van der Waals surface area contributed by atoms with Crippen molar-refractivity contribution in [2.75, 3.05) is 19.6 Å². The van der Waals surface area contributed by atoms with E-state index in [9.17, 15) is 13.2 Å². The van der Waals surface area contributed by atoms with Crippen molar-refractivity contribution in [1.82, 2.24) is 9.21 Å². The summed E-state index contributed by atoms with van der Waals surface area (Å²) in [6, 6.07) is 3.64. The minimum atomic E-state index is -3.84. The van der Waals surface area contributed by atoms with Crippen LogP contribution in [0.15, 0.2) is 45.1 Å². The van der Waals surface area contributed by atoms with Crippen LogP contribution in [0.5, 0.6) is 0 Å². The fourth-order valence-electron chi connectivity index (χ4n) is 3.09. The number of hydrogen-bond acceptors (Lipinski definition) is 5. The number of carbonyl (C=O) groups is 1. The van der Waals surface area contributed by atoms with E-state index in [2.05, 4.69) is 10.2 Å². The van der Waals surface area contributed by atoms with Gasteiger partial charge in [0.15, 0.2) is 0 Å². The Kier molecular flexibility index (Phi) is 5.39. The molecule has 0 spiro atoms. The van der Waals surface area contributed by atoms with Crippen LogP contribution in [-0.2, 0) is 14.8 Å². The Morgan fingerprint density at radius 2 is 1.92 bits per heavy atom. The van der Waals surface area contributed by atoms with E-state index in [0.29, 0.717) is 10.6 Å². The Morgan fingerprint density at radius 3 is 2.58 bits per heavy atom. The molecule has 0 saturated carbocycles. The number of benzene rings is 1. The first kappa shape index (κ1) is 19.3. The van der Waals surface area contributed by atoms with Gasteiger partial charge in [0.1, 0.15) is 4.90 Å². The number of amides is 1. The summed E-state index contributed by atoms with van der Waals surface area (Å²) in [7, 11) is -3.84. The van der Waals surface area contributed by atoms with Crippen LogP contribution in [0.1, 0.15) is 13.8 Å². The summed E-state index contributed by atoms with van der Waals surface area (Å²) in [5.74, 6) is -0.160. The maximum Gasteiger partial charge on any atom is 0.253 e. The predicted molar refractivity (Wildman–Crippen MR) is 98.8 cm³/mol. The number of rotatable bonds is 3. The molecule has 0 radical (unpaired) electrons. The molecule has 1 fully saturated rings. The molecule has 1 saturated heterocycles. The molecule has 2 aliphatic heterocycles. The quantitative estimate of drug-likeness (QED) is 0.758. The number of halogens is 2. The minimum Gasteiger partial charge on any atom is -0.333 e. The van der Waals surface area contributed by atoms with Gasteiger partial charge >= 0.3 is 0 Å². The van der Waals surface area contributed by atoms with Gasteiger partial charge in [-0.25, -0.2) is 8.42 Å². The van der Waals surface area contributed by atoms with Gasteiger partial charge in [-0.05, 0) is 32.0 Å². The van der Waals surface area contributed by atoms with E-state index in [-0.39, 0.29) is 41.5 Å². The van der Waals surface area contributed by atoms with Crippen molar-refractivity contribution in [1.29, 1.82) is 0 Å². The van der Waals surface area contributed by atoms with Crippen molar-refractivity contribution in [2.24, 2.45) is 10.2 Å². The van der Waals surface area contributed by atoms with E-state index < -0.39 is 16.1 Å². The van der Waals surface area contributed by atoms with E-state index in [4.69, 9.17) is 23.2 Å². The summed E-state index contributed by atoms with van der Waals surface area (Å²) in [5, 5.41) is 7.92. The molecular formula is C16H18Cl2N4O3S. The number of hydrogen-bond donors (Lipinski definition) is 0. The summed E-state index contributed by atoms with van der Waals surface area (Å²) < 4.78 is 27.5. The Labute approximate surface area is 162 Å². The molecule has 0 bridgehead atoms. The topological polar surface area (TPSA) is 82.4 Å². The SMILES string of the molecule is C[C@@H]1CN(C(=O)C2=CN=NC2)[C@@H](C)CN1S(=O)(=O)c1cc(Cl)ccc1Cl. The summed E-state index contributed by atoms with van der Waals surface area (Å²) in [6.07, 6.45) is 1.45. The molecule has 1 aromatic rings. The molecule has 2 heterocycles. The van der Waals surface area contributed by atoms with Crippen molar-refractivity contribution in [3.05, 3.63) is 40.0 Å². The van der Waals surface area contributed by atoms with Crippen molar-refractivity contribution in [3.8, 4) is 0 Å². The maximum atomic E-state index is 13.1. The Balaban J connectivity index is 1.85. The van der Waals surface area contributed by atoms with Crippen molar-refractivity contribution in [2.45, 2.75) is 30.8 Å². The van der Waals surface area contributed by atoms with Gasteiger partial charge in [0, 0.05) is 30.2 Å². The van der Waals surface area contributed by atoms with Gasteiger partial charge in [-0.2, -0.15) is 14.5 Å². The van der Waals surface area contributed by atoms with Crippen LogP contribution in [0.2, 0.25) is 10.0 Å². The summed E-state index contributed by atoms with van der Waals surface area (Å²) in [6.45, 7) is 4.28. The lowest BCUT2D eigenvalue weighted by molar-refractivity contribution is -0.131. The van der Waals surface area contributed by atoms with Crippen molar-refractivity contribution < 1.29 is 13.2 Å². The first-order valence-corrected chi connectivity index (χ1v) is 10.2. The van der Waals surface area contributed by atoms with Crippen LogP contribution in [0.4, 0.5) is 0 Å². The molecule has 0 aliphatic carbocycles. The molecule has 10 heteroatoms. The first-order chi connectivity index (χ1) is 12.2. The van der Waals surface area contributed by atoms with Crippen LogP contribution in [-0.4, -0.2) is 55.2 Å². The van der Waals surface area contributed by atoms with Gasteiger partial charge in [0.25, 0.3) is 5.91 Å². The number of carbonyl (C=O) groups excluding carboxylic acids is 1.